The fourth-order valence-electron chi connectivity index (χ4n) is 2.71. The van der Waals surface area contributed by atoms with Crippen LogP contribution in [-0.4, -0.2) is 33.4 Å². The predicted octanol–water partition coefficient (Wildman–Crippen LogP) is 3.69. The van der Waals surface area contributed by atoms with E-state index in [4.69, 9.17) is 9.47 Å². The molecule has 0 heterocycles. The quantitative estimate of drug-likeness (QED) is 0.426. The minimum Gasteiger partial charge on any atom is -0.356 e. The summed E-state index contributed by atoms with van der Waals surface area (Å²) in [6.45, 7) is 10.3. The second-order valence-electron chi connectivity index (χ2n) is 7.00. The summed E-state index contributed by atoms with van der Waals surface area (Å²) in [5, 5.41) is 0. The number of hydrogen-bond donors (Lipinski definition) is 0. The molecule has 0 fully saturated rings. The monoisotopic (exact) mass is 294 g/mol. The average molecular weight is 294 g/mol. The molecule has 0 unspecified atom stereocenters. The summed E-state index contributed by atoms with van der Waals surface area (Å²) < 4.78 is 11.5. The number of hydrogen-bond acceptors (Lipinski definition) is 3. The van der Waals surface area contributed by atoms with Gasteiger partial charge in [-0.3, -0.25) is 4.79 Å². The van der Waals surface area contributed by atoms with Crippen LogP contribution in [-0.2, 0) is 14.3 Å². The van der Waals surface area contributed by atoms with Crippen LogP contribution in [0.1, 0.15) is 26.2 Å². The molecule has 0 saturated carbocycles. The van der Waals surface area contributed by atoms with Crippen LogP contribution in [0.15, 0.2) is 22.8 Å². The Kier molecular flexibility index (Phi) is 4.99. The lowest BCUT2D eigenvalue weighted by Crippen LogP contribution is -2.24. The second kappa shape index (κ2) is 6.37. The first-order valence-corrected chi connectivity index (χ1v) is 11.2. The van der Waals surface area contributed by atoms with Crippen LogP contribution in [0.4, 0.5) is 0 Å². The smallest absolute Gasteiger partial charge is 0.160 e. The molecule has 2 rings (SSSR count). The van der Waals surface area contributed by atoms with Crippen molar-refractivity contribution in [1.29, 1.82) is 0 Å². The van der Waals surface area contributed by atoms with Gasteiger partial charge in [0.25, 0.3) is 0 Å². The number of carbonyl (C=O) groups is 1. The van der Waals surface area contributed by atoms with Crippen LogP contribution in [0.25, 0.3) is 0 Å². The van der Waals surface area contributed by atoms with Gasteiger partial charge in [-0.05, 0) is 48.6 Å². The highest BCUT2D eigenvalue weighted by Crippen LogP contribution is 2.37. The molecule has 0 N–H and O–H groups in total. The van der Waals surface area contributed by atoms with Crippen LogP contribution >= 0.6 is 0 Å². The Hall–Kier alpha value is -0.713. The number of allylic oxidation sites excluding steroid dienone is 3. The molecule has 4 heteroatoms. The van der Waals surface area contributed by atoms with Crippen molar-refractivity contribution in [1.82, 2.24) is 0 Å². The number of carbonyl (C=O) groups excluding carboxylic acids is 1. The van der Waals surface area contributed by atoms with Gasteiger partial charge in [0.05, 0.1) is 6.10 Å². The Morgan fingerprint density at radius 1 is 1.35 bits per heavy atom. The van der Waals surface area contributed by atoms with Crippen molar-refractivity contribution in [2.24, 2.45) is 0 Å². The molecule has 0 saturated heterocycles. The van der Waals surface area contributed by atoms with Crippen LogP contribution in [0, 0.1) is 0 Å². The lowest BCUT2D eigenvalue weighted by Gasteiger charge is -2.26. The summed E-state index contributed by atoms with van der Waals surface area (Å²) in [5.41, 5.74) is 3.67. The minimum absolute atomic E-state index is 0.125. The van der Waals surface area contributed by atoms with Crippen molar-refractivity contribution >= 4 is 13.9 Å². The van der Waals surface area contributed by atoms with E-state index in [1.165, 1.54) is 22.8 Å². The van der Waals surface area contributed by atoms with Gasteiger partial charge in [-0.1, -0.05) is 19.6 Å². The van der Waals surface area contributed by atoms with Crippen molar-refractivity contribution < 1.29 is 14.3 Å². The molecule has 1 atom stereocenters. The van der Waals surface area contributed by atoms with Crippen molar-refractivity contribution in [2.45, 2.75) is 58.0 Å². The Bertz CT molecular complexity index is 443. The number of ketones is 1. The Labute approximate surface area is 123 Å². The molecule has 0 spiro atoms. The van der Waals surface area contributed by atoms with E-state index in [0.717, 1.165) is 19.4 Å². The Morgan fingerprint density at radius 3 is 2.80 bits per heavy atom. The molecular weight excluding hydrogens is 268 g/mol. The van der Waals surface area contributed by atoms with Crippen LogP contribution in [0.5, 0.6) is 0 Å². The van der Waals surface area contributed by atoms with Gasteiger partial charge in [0.1, 0.15) is 6.79 Å². The van der Waals surface area contributed by atoms with Crippen LogP contribution in [0.3, 0.4) is 0 Å². The fraction of sp³-hybridized carbons (Fsp3) is 0.688. The minimum atomic E-state index is -1.02. The average Bonchev–Trinajstić information content (AvgIpc) is 2.72. The number of ether oxygens (including phenoxy) is 2. The molecule has 0 aromatic carbocycles. The van der Waals surface area contributed by atoms with Gasteiger partial charge in [-0.25, -0.2) is 0 Å². The second-order valence-corrected chi connectivity index (χ2v) is 12.6. The van der Waals surface area contributed by atoms with Gasteiger partial charge in [-0.2, -0.15) is 0 Å². The molecule has 3 nitrogen and oxygen atoms in total. The standard InChI is InChI=1S/C16H26O3Si/c1-12-15-10-14(17)9-13(15)5-6-16(12)19-11-18-7-8-20(2,3)4/h9,16H,5-8,10-11H2,1-4H3/t16-/m0/s1. The third-order valence-electron chi connectivity index (χ3n) is 4.06. The summed E-state index contributed by atoms with van der Waals surface area (Å²) in [4.78, 5) is 11.5. The van der Waals surface area contributed by atoms with E-state index < -0.39 is 8.07 Å². The molecule has 0 aliphatic heterocycles. The van der Waals surface area contributed by atoms with E-state index in [2.05, 4.69) is 26.6 Å². The molecule has 2 aliphatic rings. The number of fused-ring (bicyclic) bond motifs is 1. The van der Waals surface area contributed by atoms with Gasteiger partial charge in [0.2, 0.25) is 0 Å². The highest BCUT2D eigenvalue weighted by Gasteiger charge is 2.28. The maximum atomic E-state index is 11.5. The molecular formula is C16H26O3Si. The topological polar surface area (TPSA) is 35.5 Å². The van der Waals surface area contributed by atoms with E-state index in [1.807, 2.05) is 0 Å². The molecule has 2 aliphatic carbocycles. The lowest BCUT2D eigenvalue weighted by molar-refractivity contribution is -0.113. The zero-order valence-corrected chi connectivity index (χ0v) is 14.1. The predicted molar refractivity (Wildman–Crippen MR) is 83.5 cm³/mol. The van der Waals surface area contributed by atoms with E-state index in [1.54, 1.807) is 6.08 Å². The summed E-state index contributed by atoms with van der Waals surface area (Å²) in [6.07, 6.45) is 4.42. The highest BCUT2D eigenvalue weighted by molar-refractivity contribution is 6.76. The van der Waals surface area contributed by atoms with Gasteiger partial charge in [0, 0.05) is 21.1 Å². The van der Waals surface area contributed by atoms with Crippen molar-refractivity contribution in [3.63, 3.8) is 0 Å². The van der Waals surface area contributed by atoms with Crippen molar-refractivity contribution in [3.05, 3.63) is 22.8 Å². The molecule has 0 amide bonds. The first kappa shape index (κ1) is 15.7. The largest absolute Gasteiger partial charge is 0.356 e. The Morgan fingerprint density at radius 2 is 2.10 bits per heavy atom. The fourth-order valence-corrected chi connectivity index (χ4v) is 3.47. The van der Waals surface area contributed by atoms with E-state index in [0.29, 0.717) is 13.2 Å². The van der Waals surface area contributed by atoms with Crippen molar-refractivity contribution in [3.8, 4) is 0 Å². The highest BCUT2D eigenvalue weighted by atomic mass is 28.3. The first-order valence-electron chi connectivity index (χ1n) is 7.49. The number of rotatable bonds is 6. The zero-order valence-electron chi connectivity index (χ0n) is 13.1. The lowest BCUT2D eigenvalue weighted by atomic mass is 9.87. The Balaban J connectivity index is 1.78. The molecule has 20 heavy (non-hydrogen) atoms. The molecule has 0 bridgehead atoms. The van der Waals surface area contributed by atoms with Gasteiger partial charge < -0.3 is 9.47 Å². The SMILES string of the molecule is CC1=C2CC(=O)C=C2CC[C@@H]1OCOCC[Si](C)(C)C. The van der Waals surface area contributed by atoms with Crippen LogP contribution < -0.4 is 0 Å². The first-order chi connectivity index (χ1) is 9.37. The van der Waals surface area contributed by atoms with E-state index in [9.17, 15) is 4.79 Å². The van der Waals surface area contributed by atoms with E-state index >= 15 is 0 Å². The summed E-state index contributed by atoms with van der Waals surface area (Å²) in [5.74, 6) is 0.237. The maximum absolute atomic E-state index is 11.5. The van der Waals surface area contributed by atoms with Crippen LogP contribution in [0.2, 0.25) is 25.7 Å². The third kappa shape index (κ3) is 4.14. The van der Waals surface area contributed by atoms with Gasteiger partial charge >= 0.3 is 0 Å². The summed E-state index contributed by atoms with van der Waals surface area (Å²) in [6, 6.07) is 1.17. The molecule has 0 aromatic rings. The normalized spacial score (nSPS) is 23.1. The summed E-state index contributed by atoms with van der Waals surface area (Å²) in [7, 11) is -1.02. The maximum Gasteiger partial charge on any atom is 0.160 e. The third-order valence-corrected chi connectivity index (χ3v) is 5.76. The van der Waals surface area contributed by atoms with Gasteiger partial charge in [-0.15, -0.1) is 0 Å². The van der Waals surface area contributed by atoms with E-state index in [-0.39, 0.29) is 11.9 Å². The van der Waals surface area contributed by atoms with Gasteiger partial charge in [0.15, 0.2) is 5.78 Å². The summed E-state index contributed by atoms with van der Waals surface area (Å²) >= 11 is 0. The molecule has 0 aromatic heterocycles. The molecule has 112 valence electrons. The zero-order chi connectivity index (χ0) is 14.8. The molecule has 0 radical (unpaired) electrons. The van der Waals surface area contributed by atoms with Crippen molar-refractivity contribution in [2.75, 3.05) is 13.4 Å².